The highest BCUT2D eigenvalue weighted by atomic mass is 32.1. The van der Waals surface area contributed by atoms with Gasteiger partial charge in [-0.15, -0.1) is 16.4 Å². The molecule has 0 unspecified atom stereocenters. The van der Waals surface area contributed by atoms with Crippen molar-refractivity contribution in [3.63, 3.8) is 0 Å². The third kappa shape index (κ3) is 3.92. The topological polar surface area (TPSA) is 72.7 Å². The van der Waals surface area contributed by atoms with Gasteiger partial charge in [0.1, 0.15) is 10.8 Å². The number of thiazole rings is 1. The normalized spacial score (nSPS) is 11.5. The lowest BCUT2D eigenvalue weighted by Crippen LogP contribution is -2.21. The van der Waals surface area contributed by atoms with Crippen molar-refractivity contribution in [2.75, 3.05) is 5.32 Å². The van der Waals surface area contributed by atoms with Crippen molar-refractivity contribution in [2.24, 2.45) is 0 Å². The fourth-order valence-electron chi connectivity index (χ4n) is 2.74. The predicted octanol–water partition coefficient (Wildman–Crippen LogP) is 4.80. The lowest BCUT2D eigenvalue weighted by Gasteiger charge is -2.11. The summed E-state index contributed by atoms with van der Waals surface area (Å²) in [6.07, 6.45) is -3.30. The second kappa shape index (κ2) is 7.67. The van der Waals surface area contributed by atoms with E-state index in [2.05, 4.69) is 20.6 Å². The van der Waals surface area contributed by atoms with Crippen molar-refractivity contribution >= 4 is 22.9 Å². The maximum Gasteiger partial charge on any atom is 0.435 e. The van der Waals surface area contributed by atoms with Crippen LogP contribution in [-0.2, 0) is 6.18 Å². The zero-order valence-corrected chi connectivity index (χ0v) is 15.7. The molecular weight excluding hydrogens is 422 g/mol. The predicted molar refractivity (Wildman–Crippen MR) is 102 cm³/mol. The van der Waals surface area contributed by atoms with E-state index in [1.165, 1.54) is 17.4 Å². The highest BCUT2D eigenvalue weighted by Gasteiger charge is 2.42. The van der Waals surface area contributed by atoms with Gasteiger partial charge in [-0.3, -0.25) is 4.79 Å². The Balaban J connectivity index is 1.68. The minimum atomic E-state index is -4.92. The number of nitrogens with zero attached hydrogens (tertiary/aromatic N) is 4. The van der Waals surface area contributed by atoms with Gasteiger partial charge in [-0.05, 0) is 36.4 Å². The Labute approximate surface area is 170 Å². The summed E-state index contributed by atoms with van der Waals surface area (Å²) < 4.78 is 54.7. The van der Waals surface area contributed by atoms with Crippen LogP contribution in [0.2, 0.25) is 0 Å². The van der Waals surface area contributed by atoms with E-state index in [1.807, 2.05) is 0 Å². The van der Waals surface area contributed by atoms with Crippen LogP contribution in [0.15, 0.2) is 60.1 Å². The van der Waals surface area contributed by atoms with Crippen molar-refractivity contribution in [2.45, 2.75) is 6.18 Å². The number of alkyl halides is 3. The Kier molecular flexibility index (Phi) is 5.04. The summed E-state index contributed by atoms with van der Waals surface area (Å²) in [5.41, 5.74) is -1.36. The number of amides is 1. The van der Waals surface area contributed by atoms with Crippen molar-refractivity contribution < 1.29 is 22.4 Å². The first-order chi connectivity index (χ1) is 14.3. The number of aromatic nitrogens is 4. The van der Waals surface area contributed by atoms with Crippen LogP contribution in [0.3, 0.4) is 0 Å². The van der Waals surface area contributed by atoms with Gasteiger partial charge in [-0.1, -0.05) is 17.3 Å². The monoisotopic (exact) mass is 433 g/mol. The molecule has 0 radical (unpaired) electrons. The molecule has 4 aromatic rings. The molecule has 2 heterocycles. The minimum Gasteiger partial charge on any atom is -0.321 e. The van der Waals surface area contributed by atoms with E-state index in [0.717, 1.165) is 24.3 Å². The van der Waals surface area contributed by atoms with E-state index in [4.69, 9.17) is 0 Å². The van der Waals surface area contributed by atoms with E-state index >= 15 is 0 Å². The van der Waals surface area contributed by atoms with E-state index in [-0.39, 0.29) is 11.4 Å². The molecule has 4 rings (SSSR count). The molecular formula is C19H11F4N5OS. The van der Waals surface area contributed by atoms with Crippen LogP contribution >= 0.6 is 11.3 Å². The molecule has 1 N–H and O–H groups in total. The molecule has 0 atom stereocenters. The van der Waals surface area contributed by atoms with Crippen LogP contribution in [0.4, 0.5) is 23.2 Å². The third-order valence-corrected chi connectivity index (χ3v) is 4.85. The molecule has 6 nitrogen and oxygen atoms in total. The van der Waals surface area contributed by atoms with E-state index in [1.54, 1.807) is 29.8 Å². The van der Waals surface area contributed by atoms with Crippen LogP contribution in [0, 0.1) is 5.82 Å². The molecule has 0 spiro atoms. The molecule has 2 aromatic carbocycles. The molecule has 2 aromatic heterocycles. The lowest BCUT2D eigenvalue weighted by atomic mass is 10.2. The summed E-state index contributed by atoms with van der Waals surface area (Å²) in [6.45, 7) is 0. The SMILES string of the molecule is O=C(Nc1cccc(-c2nccs2)c1)c1nnn(-c2ccc(F)cc2)c1C(F)(F)F. The number of anilines is 1. The molecule has 0 aliphatic carbocycles. The van der Waals surface area contributed by atoms with Crippen molar-refractivity contribution in [3.8, 4) is 16.3 Å². The lowest BCUT2D eigenvalue weighted by molar-refractivity contribution is -0.143. The van der Waals surface area contributed by atoms with Gasteiger partial charge in [0.15, 0.2) is 11.4 Å². The molecule has 0 aliphatic heterocycles. The molecule has 0 aliphatic rings. The summed E-state index contributed by atoms with van der Waals surface area (Å²) in [7, 11) is 0. The summed E-state index contributed by atoms with van der Waals surface area (Å²) in [4.78, 5) is 16.7. The average Bonchev–Trinajstić information content (AvgIpc) is 3.39. The van der Waals surface area contributed by atoms with Gasteiger partial charge in [0, 0.05) is 22.8 Å². The van der Waals surface area contributed by atoms with Gasteiger partial charge in [0.25, 0.3) is 5.91 Å². The number of carbonyl (C=O) groups excluding carboxylic acids is 1. The van der Waals surface area contributed by atoms with Crippen LogP contribution in [0.1, 0.15) is 16.2 Å². The number of benzene rings is 2. The molecule has 0 fully saturated rings. The number of hydrogen-bond donors (Lipinski definition) is 1. The fourth-order valence-corrected chi connectivity index (χ4v) is 3.37. The number of nitrogens with one attached hydrogen (secondary N) is 1. The van der Waals surface area contributed by atoms with Gasteiger partial charge in [0.05, 0.1) is 5.69 Å². The average molecular weight is 433 g/mol. The van der Waals surface area contributed by atoms with Crippen molar-refractivity contribution in [1.29, 1.82) is 0 Å². The third-order valence-electron chi connectivity index (χ3n) is 4.02. The zero-order chi connectivity index (χ0) is 21.3. The first-order valence-electron chi connectivity index (χ1n) is 8.43. The zero-order valence-electron chi connectivity index (χ0n) is 14.9. The van der Waals surface area contributed by atoms with E-state index < -0.39 is 29.3 Å². The van der Waals surface area contributed by atoms with Crippen molar-refractivity contribution in [1.82, 2.24) is 20.0 Å². The summed E-state index contributed by atoms with van der Waals surface area (Å²) in [6, 6.07) is 10.7. The maximum atomic E-state index is 13.7. The summed E-state index contributed by atoms with van der Waals surface area (Å²) in [5.74, 6) is -1.70. The second-order valence-corrected chi connectivity index (χ2v) is 6.94. The molecule has 152 valence electrons. The van der Waals surface area contributed by atoms with Crippen LogP contribution in [0.5, 0.6) is 0 Å². The van der Waals surface area contributed by atoms with E-state index in [0.29, 0.717) is 15.3 Å². The smallest absolute Gasteiger partial charge is 0.321 e. The number of rotatable bonds is 4. The molecule has 0 saturated heterocycles. The number of hydrogen-bond acceptors (Lipinski definition) is 5. The summed E-state index contributed by atoms with van der Waals surface area (Å²) >= 11 is 1.38. The molecule has 0 saturated carbocycles. The van der Waals surface area contributed by atoms with E-state index in [9.17, 15) is 22.4 Å². The number of carbonyl (C=O) groups is 1. The first-order valence-corrected chi connectivity index (χ1v) is 9.31. The standard InChI is InChI=1S/C19H11F4N5OS/c20-12-4-6-14(7-5-12)28-16(19(21,22)23)15(26-27-28)17(29)25-13-3-1-2-11(10-13)18-24-8-9-30-18/h1-10H,(H,25,29). The van der Waals surface area contributed by atoms with Gasteiger partial charge in [0.2, 0.25) is 0 Å². The molecule has 0 bridgehead atoms. The molecule has 11 heteroatoms. The summed E-state index contributed by atoms with van der Waals surface area (Å²) in [5, 5.41) is 11.8. The highest BCUT2D eigenvalue weighted by Crippen LogP contribution is 2.33. The van der Waals surface area contributed by atoms with Crippen LogP contribution in [-0.4, -0.2) is 25.9 Å². The first kappa shape index (κ1) is 19.7. The van der Waals surface area contributed by atoms with Crippen LogP contribution in [0.25, 0.3) is 16.3 Å². The molecule has 1 amide bonds. The van der Waals surface area contributed by atoms with Crippen LogP contribution < -0.4 is 5.32 Å². The van der Waals surface area contributed by atoms with Gasteiger partial charge >= 0.3 is 6.18 Å². The van der Waals surface area contributed by atoms with Gasteiger partial charge in [-0.25, -0.2) is 14.1 Å². The Morgan fingerprint density at radius 1 is 1.10 bits per heavy atom. The molecule has 30 heavy (non-hydrogen) atoms. The second-order valence-electron chi connectivity index (χ2n) is 6.04. The Morgan fingerprint density at radius 2 is 1.87 bits per heavy atom. The Bertz CT molecular complexity index is 1190. The maximum absolute atomic E-state index is 13.7. The largest absolute Gasteiger partial charge is 0.435 e. The minimum absolute atomic E-state index is 0.0824. The van der Waals surface area contributed by atoms with Gasteiger partial charge in [-0.2, -0.15) is 13.2 Å². The van der Waals surface area contributed by atoms with Gasteiger partial charge < -0.3 is 5.32 Å². The number of halogens is 4. The quantitative estimate of drug-likeness (QED) is 0.469. The fraction of sp³-hybridized carbons (Fsp3) is 0.0526. The Morgan fingerprint density at radius 3 is 2.53 bits per heavy atom. The van der Waals surface area contributed by atoms with Crippen molar-refractivity contribution in [3.05, 3.63) is 77.3 Å². The Hall–Kier alpha value is -3.60. The highest BCUT2D eigenvalue weighted by molar-refractivity contribution is 7.13.